The van der Waals surface area contributed by atoms with Crippen LogP contribution < -0.4 is 0 Å². The van der Waals surface area contributed by atoms with E-state index in [-0.39, 0.29) is 0 Å². The van der Waals surface area contributed by atoms with Gasteiger partial charge in [0.1, 0.15) is 0 Å². The molecule has 0 N–H and O–H groups in total. The van der Waals surface area contributed by atoms with Crippen LogP contribution >= 0.6 is 15.9 Å². The average molecular weight is 217 g/mol. The largest absolute Gasteiger partial charge is 0.0888 e. The van der Waals surface area contributed by atoms with Crippen LogP contribution in [0.4, 0.5) is 0 Å². The van der Waals surface area contributed by atoms with E-state index in [1.807, 2.05) is 0 Å². The summed E-state index contributed by atoms with van der Waals surface area (Å²) in [4.78, 5) is 0.853. The van der Waals surface area contributed by atoms with Crippen LogP contribution in [-0.4, -0.2) is 4.83 Å². The predicted molar refractivity (Wildman–Crippen MR) is 51.9 cm³/mol. The molecule has 0 aliphatic heterocycles. The van der Waals surface area contributed by atoms with Crippen molar-refractivity contribution in [1.29, 1.82) is 0 Å². The first kappa shape index (κ1) is 8.10. The van der Waals surface area contributed by atoms with Crippen molar-refractivity contribution in [2.24, 2.45) is 17.8 Å². The van der Waals surface area contributed by atoms with Crippen LogP contribution in [0, 0.1) is 17.8 Å². The van der Waals surface area contributed by atoms with E-state index in [0.29, 0.717) is 0 Å². The monoisotopic (exact) mass is 216 g/mol. The highest BCUT2D eigenvalue weighted by Gasteiger charge is 2.38. The van der Waals surface area contributed by atoms with E-state index in [1.54, 1.807) is 0 Å². The van der Waals surface area contributed by atoms with Gasteiger partial charge in [-0.05, 0) is 37.0 Å². The minimum Gasteiger partial charge on any atom is -0.0888 e. The molecule has 2 aliphatic rings. The molecule has 2 rings (SSSR count). The Morgan fingerprint density at radius 1 is 1.18 bits per heavy atom. The molecule has 1 heteroatoms. The molecule has 4 unspecified atom stereocenters. The standard InChI is InChI=1S/C10H17Br/c1-7-5-8-3-2-4-10(11)9(8)6-7/h7-10H,2-6H2,1H3. The fourth-order valence-corrected chi connectivity index (χ4v) is 3.98. The van der Waals surface area contributed by atoms with Crippen molar-refractivity contribution in [3.63, 3.8) is 0 Å². The van der Waals surface area contributed by atoms with E-state index in [9.17, 15) is 0 Å². The third-order valence-electron chi connectivity index (χ3n) is 3.50. The van der Waals surface area contributed by atoms with Gasteiger partial charge in [-0.25, -0.2) is 0 Å². The molecule has 11 heavy (non-hydrogen) atoms. The molecule has 0 aromatic carbocycles. The van der Waals surface area contributed by atoms with Gasteiger partial charge in [0.15, 0.2) is 0 Å². The molecule has 0 nitrogen and oxygen atoms in total. The van der Waals surface area contributed by atoms with E-state index in [0.717, 1.165) is 22.6 Å². The van der Waals surface area contributed by atoms with Gasteiger partial charge in [0.2, 0.25) is 0 Å². The fraction of sp³-hybridized carbons (Fsp3) is 1.00. The van der Waals surface area contributed by atoms with Gasteiger partial charge in [-0.2, -0.15) is 0 Å². The van der Waals surface area contributed by atoms with Gasteiger partial charge in [0, 0.05) is 4.83 Å². The molecular weight excluding hydrogens is 200 g/mol. The Labute approximate surface area is 77.9 Å². The number of hydrogen-bond acceptors (Lipinski definition) is 0. The Bertz CT molecular complexity index is 144. The molecule has 2 aliphatic carbocycles. The highest BCUT2D eigenvalue weighted by Crippen LogP contribution is 2.47. The van der Waals surface area contributed by atoms with Crippen LogP contribution in [0.3, 0.4) is 0 Å². The summed E-state index contributed by atoms with van der Waals surface area (Å²) in [5.41, 5.74) is 0. The second kappa shape index (κ2) is 3.08. The van der Waals surface area contributed by atoms with E-state index in [1.165, 1.54) is 32.1 Å². The number of halogens is 1. The second-order valence-corrected chi connectivity index (χ2v) is 5.62. The maximum atomic E-state index is 3.82. The van der Waals surface area contributed by atoms with Crippen molar-refractivity contribution in [3.05, 3.63) is 0 Å². The minimum absolute atomic E-state index is 0.853. The Morgan fingerprint density at radius 3 is 2.73 bits per heavy atom. The average Bonchev–Trinajstić information content (AvgIpc) is 2.31. The highest BCUT2D eigenvalue weighted by atomic mass is 79.9. The topological polar surface area (TPSA) is 0 Å². The molecule has 0 bridgehead atoms. The molecule has 2 saturated carbocycles. The molecule has 0 saturated heterocycles. The lowest BCUT2D eigenvalue weighted by Gasteiger charge is -2.29. The van der Waals surface area contributed by atoms with Gasteiger partial charge in [-0.1, -0.05) is 35.7 Å². The number of hydrogen-bond donors (Lipinski definition) is 0. The summed E-state index contributed by atoms with van der Waals surface area (Å²) in [6.07, 6.45) is 7.39. The Morgan fingerprint density at radius 2 is 2.00 bits per heavy atom. The van der Waals surface area contributed by atoms with Crippen LogP contribution in [-0.2, 0) is 0 Å². The fourth-order valence-electron chi connectivity index (χ4n) is 3.01. The van der Waals surface area contributed by atoms with Crippen LogP contribution in [0.25, 0.3) is 0 Å². The van der Waals surface area contributed by atoms with E-state index < -0.39 is 0 Å². The van der Waals surface area contributed by atoms with Crippen molar-refractivity contribution in [2.45, 2.75) is 43.9 Å². The van der Waals surface area contributed by atoms with E-state index in [2.05, 4.69) is 22.9 Å². The van der Waals surface area contributed by atoms with Crippen LogP contribution in [0.5, 0.6) is 0 Å². The molecule has 0 heterocycles. The minimum atomic E-state index is 0.853. The van der Waals surface area contributed by atoms with Gasteiger partial charge >= 0.3 is 0 Å². The van der Waals surface area contributed by atoms with E-state index in [4.69, 9.17) is 0 Å². The molecule has 2 fully saturated rings. The lowest BCUT2D eigenvalue weighted by atomic mass is 9.82. The van der Waals surface area contributed by atoms with Gasteiger partial charge < -0.3 is 0 Å². The normalized spacial score (nSPS) is 50.7. The number of rotatable bonds is 0. The van der Waals surface area contributed by atoms with Gasteiger partial charge in [-0.15, -0.1) is 0 Å². The van der Waals surface area contributed by atoms with E-state index >= 15 is 0 Å². The zero-order valence-electron chi connectivity index (χ0n) is 7.22. The molecule has 0 spiro atoms. The molecule has 0 aromatic heterocycles. The molecule has 0 aromatic rings. The summed E-state index contributed by atoms with van der Waals surface area (Å²) in [6, 6.07) is 0. The quantitative estimate of drug-likeness (QED) is 0.544. The predicted octanol–water partition coefficient (Wildman–Crippen LogP) is 3.60. The lowest BCUT2D eigenvalue weighted by molar-refractivity contribution is 0.290. The van der Waals surface area contributed by atoms with Gasteiger partial charge in [-0.3, -0.25) is 0 Å². The first-order valence-corrected chi connectivity index (χ1v) is 5.83. The third kappa shape index (κ3) is 1.49. The van der Waals surface area contributed by atoms with Crippen molar-refractivity contribution in [3.8, 4) is 0 Å². The number of alkyl halides is 1. The zero-order valence-corrected chi connectivity index (χ0v) is 8.81. The van der Waals surface area contributed by atoms with Crippen LogP contribution in [0.2, 0.25) is 0 Å². The smallest absolute Gasteiger partial charge is 0.0176 e. The molecule has 0 radical (unpaired) electrons. The Balaban J connectivity index is 2.03. The summed E-state index contributed by atoms with van der Waals surface area (Å²) in [5.74, 6) is 3.10. The summed E-state index contributed by atoms with van der Waals surface area (Å²) < 4.78 is 0. The number of fused-ring (bicyclic) bond motifs is 1. The molecular formula is C10H17Br. The van der Waals surface area contributed by atoms with Crippen LogP contribution in [0.1, 0.15) is 39.0 Å². The Kier molecular flexibility index (Phi) is 2.27. The van der Waals surface area contributed by atoms with Crippen molar-refractivity contribution in [2.75, 3.05) is 0 Å². The Hall–Kier alpha value is 0.480. The third-order valence-corrected chi connectivity index (χ3v) is 4.64. The summed E-state index contributed by atoms with van der Waals surface area (Å²) in [7, 11) is 0. The first-order chi connectivity index (χ1) is 5.27. The van der Waals surface area contributed by atoms with Crippen molar-refractivity contribution in [1.82, 2.24) is 0 Å². The summed E-state index contributed by atoms with van der Waals surface area (Å²) in [5, 5.41) is 0. The highest BCUT2D eigenvalue weighted by molar-refractivity contribution is 9.09. The molecule has 64 valence electrons. The lowest BCUT2D eigenvalue weighted by Crippen LogP contribution is -2.23. The van der Waals surface area contributed by atoms with Gasteiger partial charge in [0.05, 0.1) is 0 Å². The maximum Gasteiger partial charge on any atom is 0.0176 e. The second-order valence-electron chi connectivity index (χ2n) is 4.45. The SMILES string of the molecule is CC1CC2CCCC(Br)C2C1. The maximum absolute atomic E-state index is 3.82. The summed E-state index contributed by atoms with van der Waals surface area (Å²) >= 11 is 3.82. The molecule has 0 amide bonds. The summed E-state index contributed by atoms with van der Waals surface area (Å²) in [6.45, 7) is 2.41. The van der Waals surface area contributed by atoms with Gasteiger partial charge in [0.25, 0.3) is 0 Å². The molecule has 4 atom stereocenters. The van der Waals surface area contributed by atoms with Crippen LogP contribution in [0.15, 0.2) is 0 Å². The van der Waals surface area contributed by atoms with Crippen molar-refractivity contribution < 1.29 is 0 Å². The van der Waals surface area contributed by atoms with Crippen molar-refractivity contribution >= 4 is 15.9 Å². The zero-order chi connectivity index (χ0) is 7.84. The first-order valence-electron chi connectivity index (χ1n) is 4.91.